The highest BCUT2D eigenvalue weighted by molar-refractivity contribution is 6.32. The maximum absolute atomic E-state index is 13.4. The van der Waals surface area contributed by atoms with Gasteiger partial charge in [0.1, 0.15) is 17.5 Å². The predicted molar refractivity (Wildman–Crippen MR) is 112 cm³/mol. The van der Waals surface area contributed by atoms with E-state index in [-0.39, 0.29) is 17.3 Å². The molecule has 3 atom stereocenters. The van der Waals surface area contributed by atoms with E-state index in [9.17, 15) is 14.7 Å². The zero-order valence-electron chi connectivity index (χ0n) is 16.4. The molecule has 1 aliphatic rings. The molecule has 3 aromatic rings. The summed E-state index contributed by atoms with van der Waals surface area (Å²) in [6.45, 7) is 0. The normalized spacial score (nSPS) is 19.2. The maximum atomic E-state index is 13.4. The fourth-order valence-electron chi connectivity index (χ4n) is 3.92. The van der Waals surface area contributed by atoms with Crippen LogP contribution in [0.2, 0.25) is 0 Å². The van der Waals surface area contributed by atoms with Crippen LogP contribution in [0.25, 0.3) is 10.9 Å². The lowest BCUT2D eigenvalue weighted by Gasteiger charge is -2.30. The van der Waals surface area contributed by atoms with E-state index in [0.29, 0.717) is 17.7 Å². The quantitative estimate of drug-likeness (QED) is 0.426. The number of esters is 1. The molecule has 30 heavy (non-hydrogen) atoms. The molecule has 3 N–H and O–H groups in total. The van der Waals surface area contributed by atoms with Crippen LogP contribution in [0.4, 0.5) is 0 Å². The Labute approximate surface area is 177 Å². The van der Waals surface area contributed by atoms with Crippen molar-refractivity contribution in [3.05, 3.63) is 59.3 Å². The minimum absolute atomic E-state index is 0.0444. The number of para-hydroxylation sites is 1. The number of aromatic nitrogens is 1. The van der Waals surface area contributed by atoms with Gasteiger partial charge >= 0.3 is 5.97 Å². The molecule has 0 radical (unpaired) electrons. The van der Waals surface area contributed by atoms with Gasteiger partial charge < -0.3 is 19.6 Å². The van der Waals surface area contributed by atoms with Crippen molar-refractivity contribution in [2.45, 2.75) is 23.9 Å². The summed E-state index contributed by atoms with van der Waals surface area (Å²) in [6.07, 6.45) is 0.399. The highest BCUT2D eigenvalue weighted by atomic mass is 35.5. The number of halogens is 1. The minimum Gasteiger partial charge on any atom is -0.504 e. The number of hydrogen-bond acceptors (Lipinski definition) is 6. The highest BCUT2D eigenvalue weighted by Gasteiger charge is 2.39. The van der Waals surface area contributed by atoms with Crippen molar-refractivity contribution in [1.29, 1.82) is 0 Å². The zero-order chi connectivity index (χ0) is 21.4. The third kappa shape index (κ3) is 3.40. The van der Waals surface area contributed by atoms with Crippen molar-refractivity contribution in [1.82, 2.24) is 10.3 Å². The standard InChI is InChI=1S/C22H21ClN2O5/c1-29-17-9-11(7-8-16(17)26)18(23)21(27)20-19-13(10-15(25-20)22(28)30-2)12-5-3-4-6-14(12)24-19/h3-9,15,18,20,24-26H,10H2,1-2H3. The SMILES string of the molecule is COC(=O)C1Cc2c([nH]c3ccccc23)C(C(=O)C(Cl)c2ccc(O)c(OC)c2)N1. The van der Waals surface area contributed by atoms with Gasteiger partial charge in [-0.15, -0.1) is 11.6 Å². The number of fused-ring (bicyclic) bond motifs is 3. The number of ketones is 1. The number of methoxy groups -OCH3 is 2. The number of ether oxygens (including phenoxy) is 2. The summed E-state index contributed by atoms with van der Waals surface area (Å²) in [5, 5.41) is 12.8. The smallest absolute Gasteiger partial charge is 0.323 e. The van der Waals surface area contributed by atoms with Crippen LogP contribution in [-0.4, -0.2) is 42.1 Å². The third-order valence-corrected chi connectivity index (χ3v) is 5.89. The van der Waals surface area contributed by atoms with Crippen LogP contribution in [0.1, 0.15) is 28.2 Å². The van der Waals surface area contributed by atoms with Gasteiger partial charge in [-0.05, 0) is 29.3 Å². The van der Waals surface area contributed by atoms with E-state index < -0.39 is 23.4 Å². The number of rotatable bonds is 5. The molecule has 0 aliphatic carbocycles. The number of phenolic OH excluding ortho intramolecular Hbond substituents is 1. The molecule has 2 aromatic carbocycles. The molecule has 3 unspecified atom stereocenters. The van der Waals surface area contributed by atoms with Crippen molar-refractivity contribution in [3.63, 3.8) is 0 Å². The number of aromatic hydroxyl groups is 1. The Bertz CT molecular complexity index is 1130. The van der Waals surface area contributed by atoms with Gasteiger partial charge in [-0.1, -0.05) is 24.3 Å². The van der Waals surface area contributed by atoms with Crippen molar-refractivity contribution in [2.24, 2.45) is 0 Å². The molecule has 1 aromatic heterocycles. The molecular weight excluding hydrogens is 408 g/mol. The van der Waals surface area contributed by atoms with Crippen LogP contribution in [-0.2, 0) is 20.7 Å². The van der Waals surface area contributed by atoms with Gasteiger partial charge in [0.05, 0.1) is 14.2 Å². The van der Waals surface area contributed by atoms with Gasteiger partial charge in [0.25, 0.3) is 0 Å². The molecule has 7 nitrogen and oxygen atoms in total. The fourth-order valence-corrected chi connectivity index (χ4v) is 4.18. The van der Waals surface area contributed by atoms with E-state index in [1.807, 2.05) is 24.3 Å². The lowest BCUT2D eigenvalue weighted by molar-refractivity contribution is -0.143. The molecule has 0 saturated heterocycles. The second kappa shape index (κ2) is 8.01. The van der Waals surface area contributed by atoms with Gasteiger partial charge in [0, 0.05) is 23.0 Å². The Hall–Kier alpha value is -3.03. The van der Waals surface area contributed by atoms with Crippen LogP contribution in [0, 0.1) is 0 Å². The van der Waals surface area contributed by atoms with Crippen LogP contribution in [0.5, 0.6) is 11.5 Å². The van der Waals surface area contributed by atoms with E-state index in [1.165, 1.54) is 26.4 Å². The fraction of sp³-hybridized carbons (Fsp3) is 0.273. The first-order chi connectivity index (χ1) is 14.4. The number of phenols is 1. The predicted octanol–water partition coefficient (Wildman–Crippen LogP) is 3.16. The molecular formula is C22H21ClN2O5. The summed E-state index contributed by atoms with van der Waals surface area (Å²) in [4.78, 5) is 29.0. The number of nitrogens with one attached hydrogen (secondary N) is 2. The van der Waals surface area contributed by atoms with Crippen LogP contribution >= 0.6 is 11.6 Å². The highest BCUT2D eigenvalue weighted by Crippen LogP contribution is 2.38. The topological polar surface area (TPSA) is 101 Å². The van der Waals surface area contributed by atoms with E-state index in [1.54, 1.807) is 6.07 Å². The van der Waals surface area contributed by atoms with E-state index in [2.05, 4.69) is 10.3 Å². The number of H-pyrrole nitrogens is 1. The number of Topliss-reactive ketones (excluding diaryl/α,β-unsaturated/α-hetero) is 1. The largest absolute Gasteiger partial charge is 0.504 e. The van der Waals surface area contributed by atoms with E-state index in [0.717, 1.165) is 16.5 Å². The first kappa shape index (κ1) is 20.3. The molecule has 0 spiro atoms. The monoisotopic (exact) mass is 428 g/mol. The van der Waals surface area contributed by atoms with Crippen LogP contribution < -0.4 is 10.1 Å². The summed E-state index contributed by atoms with van der Waals surface area (Å²) in [7, 11) is 2.74. The lowest BCUT2D eigenvalue weighted by Crippen LogP contribution is -2.48. The average Bonchev–Trinajstić information content (AvgIpc) is 3.16. The first-order valence-corrected chi connectivity index (χ1v) is 9.86. The number of alkyl halides is 1. The Balaban J connectivity index is 1.75. The van der Waals surface area contributed by atoms with E-state index in [4.69, 9.17) is 21.1 Å². The van der Waals surface area contributed by atoms with Gasteiger partial charge in [0.2, 0.25) is 0 Å². The minimum atomic E-state index is -1.02. The molecule has 4 rings (SSSR count). The number of carbonyl (C=O) groups is 2. The van der Waals surface area contributed by atoms with Gasteiger partial charge in [-0.2, -0.15) is 0 Å². The van der Waals surface area contributed by atoms with Crippen molar-refractivity contribution < 1.29 is 24.2 Å². The van der Waals surface area contributed by atoms with Gasteiger partial charge in [-0.3, -0.25) is 14.9 Å². The summed E-state index contributed by atoms with van der Waals surface area (Å²) in [6, 6.07) is 10.7. The summed E-state index contributed by atoms with van der Waals surface area (Å²) in [5.74, 6) is -0.592. The number of benzene rings is 2. The van der Waals surface area contributed by atoms with Crippen molar-refractivity contribution >= 4 is 34.3 Å². The average molecular weight is 429 g/mol. The molecule has 1 aliphatic heterocycles. The summed E-state index contributed by atoms with van der Waals surface area (Å²) in [5.41, 5.74) is 2.95. The second-order valence-corrected chi connectivity index (χ2v) is 7.58. The molecule has 0 saturated carbocycles. The second-order valence-electron chi connectivity index (χ2n) is 7.14. The number of carbonyl (C=O) groups excluding carboxylic acids is 2. The van der Waals surface area contributed by atoms with E-state index >= 15 is 0 Å². The third-order valence-electron chi connectivity index (χ3n) is 5.43. The summed E-state index contributed by atoms with van der Waals surface area (Å²) >= 11 is 6.54. The molecule has 0 fully saturated rings. The number of aromatic amines is 1. The molecule has 0 bridgehead atoms. The molecule has 8 heteroatoms. The Morgan fingerprint density at radius 1 is 1.20 bits per heavy atom. The Kier molecular flexibility index (Phi) is 5.40. The summed E-state index contributed by atoms with van der Waals surface area (Å²) < 4.78 is 10.0. The lowest BCUT2D eigenvalue weighted by atomic mass is 9.90. The number of hydrogen-bond donors (Lipinski definition) is 3. The first-order valence-electron chi connectivity index (χ1n) is 9.42. The van der Waals surface area contributed by atoms with Gasteiger partial charge in [-0.25, -0.2) is 0 Å². The van der Waals surface area contributed by atoms with Gasteiger partial charge in [0.15, 0.2) is 17.3 Å². The van der Waals surface area contributed by atoms with Crippen LogP contribution in [0.3, 0.4) is 0 Å². The maximum Gasteiger partial charge on any atom is 0.323 e. The zero-order valence-corrected chi connectivity index (χ0v) is 17.2. The van der Waals surface area contributed by atoms with Crippen molar-refractivity contribution in [3.8, 4) is 11.5 Å². The Morgan fingerprint density at radius 3 is 2.70 bits per heavy atom. The molecule has 156 valence electrons. The van der Waals surface area contributed by atoms with Crippen LogP contribution in [0.15, 0.2) is 42.5 Å². The Morgan fingerprint density at radius 2 is 1.97 bits per heavy atom. The molecule has 2 heterocycles. The van der Waals surface area contributed by atoms with Crippen molar-refractivity contribution in [2.75, 3.05) is 14.2 Å². The molecule has 0 amide bonds.